The van der Waals surface area contributed by atoms with Gasteiger partial charge in [-0.25, -0.2) is 4.79 Å². The molecule has 5 heteroatoms. The third-order valence-corrected chi connectivity index (χ3v) is 6.49. The highest BCUT2D eigenvalue weighted by Gasteiger charge is 2.14. The van der Waals surface area contributed by atoms with Crippen molar-refractivity contribution in [3.63, 3.8) is 0 Å². The third-order valence-electron chi connectivity index (χ3n) is 5.41. The van der Waals surface area contributed by atoms with Crippen LogP contribution in [0, 0.1) is 11.3 Å². The maximum absolute atomic E-state index is 11.7. The number of ether oxygens (including phenoxy) is 1. The molecule has 5 rings (SSSR count). The summed E-state index contributed by atoms with van der Waals surface area (Å²) in [5.41, 5.74) is 4.52. The summed E-state index contributed by atoms with van der Waals surface area (Å²) in [6, 6.07) is 31.1. The minimum atomic E-state index is -0.627. The molecule has 0 spiro atoms. The van der Waals surface area contributed by atoms with Crippen LogP contribution in [-0.4, -0.2) is 17.6 Å². The van der Waals surface area contributed by atoms with Gasteiger partial charge in [-0.15, -0.1) is 11.3 Å². The molecule has 0 amide bonds. The predicted molar refractivity (Wildman–Crippen MR) is 130 cm³/mol. The number of aromatic nitrogens is 1. The van der Waals surface area contributed by atoms with Crippen molar-refractivity contribution >= 4 is 45.2 Å². The highest BCUT2D eigenvalue weighted by atomic mass is 32.1. The molecule has 5 aromatic rings. The molecule has 0 saturated heterocycles. The third kappa shape index (κ3) is 3.37. The van der Waals surface area contributed by atoms with Crippen molar-refractivity contribution in [1.82, 2.24) is 4.57 Å². The van der Waals surface area contributed by atoms with Gasteiger partial charge in [0.15, 0.2) is 0 Å². The number of rotatable bonds is 4. The van der Waals surface area contributed by atoms with E-state index in [1.165, 1.54) is 29.2 Å². The van der Waals surface area contributed by atoms with Crippen LogP contribution in [0.2, 0.25) is 0 Å². The second kappa shape index (κ2) is 8.18. The molecule has 2 aromatic heterocycles. The molecule has 0 radical (unpaired) electrons. The van der Waals surface area contributed by atoms with Gasteiger partial charge in [0, 0.05) is 26.2 Å². The highest BCUT2D eigenvalue weighted by molar-refractivity contribution is 7.16. The summed E-state index contributed by atoms with van der Waals surface area (Å²) in [5.74, 6) is -0.627. The van der Waals surface area contributed by atoms with Crippen molar-refractivity contribution in [2.45, 2.75) is 0 Å². The number of methoxy groups -OCH3 is 1. The molecule has 0 saturated carbocycles. The lowest BCUT2D eigenvalue weighted by molar-refractivity contribution is -0.135. The Hall–Kier alpha value is -4.14. The van der Waals surface area contributed by atoms with Crippen LogP contribution >= 0.6 is 11.3 Å². The summed E-state index contributed by atoms with van der Waals surface area (Å²) in [7, 11) is 1.27. The van der Waals surface area contributed by atoms with E-state index in [1.807, 2.05) is 24.3 Å². The van der Waals surface area contributed by atoms with E-state index in [2.05, 4.69) is 76.0 Å². The fraction of sp³-hybridized carbons (Fsp3) is 0.0370. The summed E-state index contributed by atoms with van der Waals surface area (Å²) in [5, 5.41) is 11.6. The summed E-state index contributed by atoms with van der Waals surface area (Å²) in [6.07, 6.45) is 1.57. The Morgan fingerprint density at radius 3 is 2.47 bits per heavy atom. The smallest absolute Gasteiger partial charge is 0.348 e. The second-order valence-electron chi connectivity index (χ2n) is 7.28. The average molecular weight is 435 g/mol. The number of carbonyl (C=O) groups excluding carboxylic acids is 1. The zero-order valence-corrected chi connectivity index (χ0v) is 18.1. The molecule has 2 heterocycles. The lowest BCUT2D eigenvalue weighted by Gasteiger charge is -2.07. The number of nitriles is 1. The first-order valence-electron chi connectivity index (χ1n) is 10.1. The van der Waals surface area contributed by atoms with Crippen molar-refractivity contribution in [2.24, 2.45) is 0 Å². The summed E-state index contributed by atoms with van der Waals surface area (Å²) < 4.78 is 6.95. The van der Waals surface area contributed by atoms with Gasteiger partial charge in [-0.3, -0.25) is 0 Å². The Kier molecular flexibility index (Phi) is 5.06. The fourth-order valence-corrected chi connectivity index (χ4v) is 4.90. The Labute approximate surface area is 189 Å². The minimum absolute atomic E-state index is 0.0118. The monoisotopic (exact) mass is 434 g/mol. The quantitative estimate of drug-likeness (QED) is 0.182. The molecule has 3 aromatic carbocycles. The van der Waals surface area contributed by atoms with Gasteiger partial charge in [-0.2, -0.15) is 5.26 Å². The summed E-state index contributed by atoms with van der Waals surface area (Å²) in [6.45, 7) is 0. The number of para-hydroxylation sites is 2. The zero-order chi connectivity index (χ0) is 22.1. The van der Waals surface area contributed by atoms with Crippen LogP contribution in [0.4, 0.5) is 0 Å². The largest absolute Gasteiger partial charge is 0.465 e. The molecule has 0 fully saturated rings. The SMILES string of the molecule is COC(=O)C(C#N)=Cc1ccc(-c2ccc3c(c2)c2ccccc2n3-c2ccccc2)s1. The minimum Gasteiger partial charge on any atom is -0.465 e. The first kappa shape index (κ1) is 19.8. The van der Waals surface area contributed by atoms with Crippen LogP contribution in [0.1, 0.15) is 4.88 Å². The molecular weight excluding hydrogens is 416 g/mol. The first-order valence-corrected chi connectivity index (χ1v) is 10.9. The zero-order valence-electron chi connectivity index (χ0n) is 17.3. The number of carbonyl (C=O) groups is 1. The Balaban J connectivity index is 1.64. The van der Waals surface area contributed by atoms with Crippen molar-refractivity contribution in [1.29, 1.82) is 5.26 Å². The van der Waals surface area contributed by atoms with Crippen LogP contribution in [0.25, 0.3) is 44.0 Å². The maximum atomic E-state index is 11.7. The highest BCUT2D eigenvalue weighted by Crippen LogP contribution is 2.36. The molecule has 0 aliphatic rings. The summed E-state index contributed by atoms with van der Waals surface area (Å²) >= 11 is 1.53. The van der Waals surface area contributed by atoms with Crippen LogP contribution in [0.5, 0.6) is 0 Å². The van der Waals surface area contributed by atoms with Gasteiger partial charge in [0.05, 0.1) is 18.1 Å². The number of thiophene rings is 1. The number of hydrogen-bond acceptors (Lipinski definition) is 4. The van der Waals surface area contributed by atoms with Gasteiger partial charge >= 0.3 is 5.97 Å². The Bertz CT molecular complexity index is 1530. The van der Waals surface area contributed by atoms with E-state index < -0.39 is 5.97 Å². The Morgan fingerprint density at radius 1 is 0.938 bits per heavy atom. The van der Waals surface area contributed by atoms with Gasteiger partial charge in [0.25, 0.3) is 0 Å². The van der Waals surface area contributed by atoms with E-state index in [0.717, 1.165) is 32.0 Å². The standard InChI is InChI=1S/C27H18N2O2S/c1-31-27(30)19(17-28)15-21-12-14-26(32-21)18-11-13-25-23(16-18)22-9-5-6-10-24(22)29(25)20-7-3-2-4-8-20/h2-16H,1H3. The molecule has 32 heavy (non-hydrogen) atoms. The molecule has 0 N–H and O–H groups in total. The predicted octanol–water partition coefficient (Wildman–Crippen LogP) is 6.59. The van der Waals surface area contributed by atoms with Gasteiger partial charge in [0.2, 0.25) is 0 Å². The van der Waals surface area contributed by atoms with E-state index in [4.69, 9.17) is 0 Å². The van der Waals surface area contributed by atoms with Crippen LogP contribution in [0.3, 0.4) is 0 Å². The van der Waals surface area contributed by atoms with Crippen molar-refractivity contribution in [2.75, 3.05) is 7.11 Å². The average Bonchev–Trinajstić information content (AvgIpc) is 3.45. The van der Waals surface area contributed by atoms with Crippen LogP contribution in [-0.2, 0) is 9.53 Å². The molecule has 0 atom stereocenters. The van der Waals surface area contributed by atoms with Crippen LogP contribution < -0.4 is 0 Å². The van der Waals surface area contributed by atoms with E-state index in [9.17, 15) is 10.1 Å². The summed E-state index contributed by atoms with van der Waals surface area (Å²) in [4.78, 5) is 13.6. The molecule has 154 valence electrons. The Morgan fingerprint density at radius 2 is 1.69 bits per heavy atom. The van der Waals surface area contributed by atoms with E-state index in [-0.39, 0.29) is 5.57 Å². The van der Waals surface area contributed by atoms with Gasteiger partial charge in [-0.05, 0) is 54.1 Å². The molecule has 0 unspecified atom stereocenters. The number of hydrogen-bond donors (Lipinski definition) is 0. The fourth-order valence-electron chi connectivity index (χ4n) is 3.96. The van der Waals surface area contributed by atoms with E-state index in [0.29, 0.717) is 0 Å². The van der Waals surface area contributed by atoms with Crippen molar-refractivity contribution in [3.8, 4) is 22.2 Å². The molecule has 4 nitrogen and oxygen atoms in total. The number of fused-ring (bicyclic) bond motifs is 3. The van der Waals surface area contributed by atoms with Crippen LogP contribution in [0.15, 0.2) is 90.5 Å². The number of esters is 1. The number of nitrogens with zero attached hydrogens (tertiary/aromatic N) is 2. The van der Waals surface area contributed by atoms with Crippen molar-refractivity contribution < 1.29 is 9.53 Å². The van der Waals surface area contributed by atoms with Gasteiger partial charge < -0.3 is 9.30 Å². The first-order chi connectivity index (χ1) is 15.7. The molecular formula is C27H18N2O2S. The second-order valence-corrected chi connectivity index (χ2v) is 8.40. The van der Waals surface area contributed by atoms with Gasteiger partial charge in [-0.1, -0.05) is 42.5 Å². The molecule has 0 aliphatic carbocycles. The van der Waals surface area contributed by atoms with Gasteiger partial charge in [0.1, 0.15) is 11.6 Å². The lowest BCUT2D eigenvalue weighted by Crippen LogP contribution is -2.02. The number of benzene rings is 3. The molecule has 0 aliphatic heterocycles. The lowest BCUT2D eigenvalue weighted by atomic mass is 10.1. The normalized spacial score (nSPS) is 11.6. The topological polar surface area (TPSA) is 55.0 Å². The maximum Gasteiger partial charge on any atom is 0.348 e. The van der Waals surface area contributed by atoms with E-state index in [1.54, 1.807) is 6.08 Å². The van der Waals surface area contributed by atoms with E-state index >= 15 is 0 Å². The molecule has 0 bridgehead atoms. The van der Waals surface area contributed by atoms with Crippen molar-refractivity contribution in [3.05, 3.63) is 95.4 Å².